The molecule has 0 saturated heterocycles. The number of hydrogen-bond acceptors (Lipinski definition) is 3. The molecular formula is C14H20N2O2. The minimum absolute atomic E-state index is 0.0832. The maximum absolute atomic E-state index is 11.9. The summed E-state index contributed by atoms with van der Waals surface area (Å²) in [4.78, 5) is 11.9. The molecule has 1 atom stereocenters. The number of benzene rings is 1. The van der Waals surface area contributed by atoms with Gasteiger partial charge in [-0.1, -0.05) is 30.3 Å². The highest BCUT2D eigenvalue weighted by molar-refractivity contribution is 5.77. The van der Waals surface area contributed by atoms with Crippen molar-refractivity contribution in [1.29, 1.82) is 0 Å². The fourth-order valence-electron chi connectivity index (χ4n) is 2.29. The van der Waals surface area contributed by atoms with E-state index >= 15 is 0 Å². The van der Waals surface area contributed by atoms with E-state index in [-0.39, 0.29) is 24.1 Å². The number of rotatable bonds is 5. The molecule has 98 valence electrons. The van der Waals surface area contributed by atoms with Gasteiger partial charge in [0.2, 0.25) is 5.91 Å². The van der Waals surface area contributed by atoms with Crippen LogP contribution in [0.5, 0.6) is 0 Å². The molecule has 1 fully saturated rings. The minimum Gasteiger partial charge on any atom is -0.394 e. The van der Waals surface area contributed by atoms with E-state index < -0.39 is 0 Å². The Morgan fingerprint density at radius 2 is 2.06 bits per heavy atom. The molecule has 0 aliphatic heterocycles. The normalized spacial score (nSPS) is 18.8. The Morgan fingerprint density at radius 3 is 2.56 bits per heavy atom. The van der Waals surface area contributed by atoms with Crippen molar-refractivity contribution in [3.63, 3.8) is 0 Å². The third-order valence-electron chi connectivity index (χ3n) is 3.58. The van der Waals surface area contributed by atoms with Gasteiger partial charge in [0.05, 0.1) is 12.6 Å². The number of nitrogens with two attached hydrogens (primary N) is 1. The molecule has 0 heterocycles. The van der Waals surface area contributed by atoms with Crippen molar-refractivity contribution in [2.75, 3.05) is 6.61 Å². The lowest BCUT2D eigenvalue weighted by Gasteiger charge is -2.37. The molecule has 1 saturated carbocycles. The second kappa shape index (κ2) is 5.50. The zero-order valence-electron chi connectivity index (χ0n) is 10.4. The minimum atomic E-state index is -0.345. The highest BCUT2D eigenvalue weighted by Crippen LogP contribution is 2.32. The molecule has 18 heavy (non-hydrogen) atoms. The van der Waals surface area contributed by atoms with Crippen LogP contribution < -0.4 is 11.1 Å². The summed E-state index contributed by atoms with van der Waals surface area (Å²) >= 11 is 0. The molecule has 1 amide bonds. The first kappa shape index (κ1) is 13.1. The Hall–Kier alpha value is -1.39. The van der Waals surface area contributed by atoms with Crippen molar-refractivity contribution < 1.29 is 9.90 Å². The van der Waals surface area contributed by atoms with Gasteiger partial charge in [-0.05, 0) is 24.8 Å². The Kier molecular flexibility index (Phi) is 3.99. The van der Waals surface area contributed by atoms with Gasteiger partial charge < -0.3 is 16.2 Å². The van der Waals surface area contributed by atoms with E-state index in [9.17, 15) is 9.90 Å². The van der Waals surface area contributed by atoms with Gasteiger partial charge >= 0.3 is 0 Å². The molecule has 1 aliphatic rings. The second-order valence-electron chi connectivity index (χ2n) is 5.11. The highest BCUT2D eigenvalue weighted by Gasteiger charge is 2.35. The van der Waals surface area contributed by atoms with Crippen LogP contribution in [0.25, 0.3) is 0 Å². The number of nitrogens with one attached hydrogen (secondary N) is 1. The molecule has 0 bridgehead atoms. The molecule has 1 aliphatic carbocycles. The summed E-state index contributed by atoms with van der Waals surface area (Å²) in [6.07, 6.45) is 3.27. The lowest BCUT2D eigenvalue weighted by molar-refractivity contribution is -0.124. The number of carbonyl (C=O) groups is 1. The van der Waals surface area contributed by atoms with Gasteiger partial charge in [0.15, 0.2) is 0 Å². The fraction of sp³-hybridized carbons (Fsp3) is 0.500. The summed E-state index contributed by atoms with van der Waals surface area (Å²) in [6.45, 7) is -0.104. The van der Waals surface area contributed by atoms with Crippen LogP contribution in [0.4, 0.5) is 0 Å². The number of hydrogen-bond donors (Lipinski definition) is 3. The average molecular weight is 248 g/mol. The molecular weight excluding hydrogens is 228 g/mol. The molecule has 0 spiro atoms. The van der Waals surface area contributed by atoms with Crippen LogP contribution in [0.3, 0.4) is 0 Å². The van der Waals surface area contributed by atoms with Gasteiger partial charge in [0.1, 0.15) is 0 Å². The van der Waals surface area contributed by atoms with E-state index in [1.54, 1.807) is 0 Å². The lowest BCUT2D eigenvalue weighted by Crippen LogP contribution is -2.50. The smallest absolute Gasteiger partial charge is 0.222 e. The molecule has 0 unspecified atom stereocenters. The van der Waals surface area contributed by atoms with Crippen LogP contribution in [0.2, 0.25) is 0 Å². The Labute approximate surface area is 107 Å². The quantitative estimate of drug-likeness (QED) is 0.730. The number of aliphatic hydroxyl groups is 1. The van der Waals surface area contributed by atoms with Gasteiger partial charge in [0, 0.05) is 12.0 Å². The van der Waals surface area contributed by atoms with Gasteiger partial charge in [-0.3, -0.25) is 4.79 Å². The average Bonchev–Trinajstić information content (AvgIpc) is 2.35. The monoisotopic (exact) mass is 248 g/mol. The van der Waals surface area contributed by atoms with Crippen molar-refractivity contribution in [3.05, 3.63) is 35.9 Å². The standard InChI is InChI=1S/C14H20N2O2/c15-14(7-4-8-14)9-13(18)16-12(10-17)11-5-2-1-3-6-11/h1-3,5-6,12,17H,4,7-10,15H2,(H,16,18)/t12-/m0/s1. The van der Waals surface area contributed by atoms with E-state index in [1.165, 1.54) is 0 Å². The van der Waals surface area contributed by atoms with Crippen LogP contribution in [0, 0.1) is 0 Å². The van der Waals surface area contributed by atoms with Crippen LogP contribution in [0.1, 0.15) is 37.3 Å². The van der Waals surface area contributed by atoms with Gasteiger partial charge in [0.25, 0.3) is 0 Å². The van der Waals surface area contributed by atoms with Crippen LogP contribution in [-0.2, 0) is 4.79 Å². The third-order valence-corrected chi connectivity index (χ3v) is 3.58. The van der Waals surface area contributed by atoms with Crippen molar-refractivity contribution in [1.82, 2.24) is 5.32 Å². The van der Waals surface area contributed by atoms with Crippen LogP contribution in [0.15, 0.2) is 30.3 Å². The van der Waals surface area contributed by atoms with Crippen LogP contribution >= 0.6 is 0 Å². The first-order valence-electron chi connectivity index (χ1n) is 6.37. The third kappa shape index (κ3) is 3.09. The molecule has 1 aromatic carbocycles. The first-order valence-corrected chi connectivity index (χ1v) is 6.37. The summed E-state index contributed by atoms with van der Waals surface area (Å²) in [5.41, 5.74) is 6.63. The summed E-state index contributed by atoms with van der Waals surface area (Å²) in [6, 6.07) is 9.12. The van der Waals surface area contributed by atoms with Gasteiger partial charge in [-0.15, -0.1) is 0 Å². The van der Waals surface area contributed by atoms with Crippen molar-refractivity contribution in [3.8, 4) is 0 Å². The van der Waals surface area contributed by atoms with E-state index in [4.69, 9.17) is 5.73 Å². The number of aliphatic hydroxyl groups excluding tert-OH is 1. The largest absolute Gasteiger partial charge is 0.394 e. The zero-order valence-corrected chi connectivity index (χ0v) is 10.4. The SMILES string of the molecule is NC1(CC(=O)N[C@@H](CO)c2ccccc2)CCC1. The molecule has 0 aromatic heterocycles. The molecule has 4 nitrogen and oxygen atoms in total. The predicted molar refractivity (Wildman–Crippen MR) is 69.8 cm³/mol. The van der Waals surface area contributed by atoms with E-state index in [0.717, 1.165) is 24.8 Å². The fourth-order valence-corrected chi connectivity index (χ4v) is 2.29. The Balaban J connectivity index is 1.92. The Morgan fingerprint density at radius 1 is 1.39 bits per heavy atom. The summed E-state index contributed by atoms with van der Waals surface area (Å²) in [7, 11) is 0. The maximum Gasteiger partial charge on any atom is 0.222 e. The van der Waals surface area contributed by atoms with Crippen molar-refractivity contribution in [2.45, 2.75) is 37.3 Å². The molecule has 4 heteroatoms. The Bertz CT molecular complexity index is 402. The summed E-state index contributed by atoms with van der Waals surface area (Å²) in [5.74, 6) is -0.0832. The van der Waals surface area contributed by atoms with E-state index in [0.29, 0.717) is 6.42 Å². The van der Waals surface area contributed by atoms with E-state index in [1.807, 2.05) is 30.3 Å². The van der Waals surface area contributed by atoms with Crippen molar-refractivity contribution >= 4 is 5.91 Å². The summed E-state index contributed by atoms with van der Waals surface area (Å²) in [5, 5.41) is 12.2. The number of carbonyl (C=O) groups excluding carboxylic acids is 1. The van der Waals surface area contributed by atoms with Gasteiger partial charge in [-0.25, -0.2) is 0 Å². The predicted octanol–water partition coefficient (Wildman–Crippen LogP) is 1.11. The second-order valence-corrected chi connectivity index (χ2v) is 5.11. The highest BCUT2D eigenvalue weighted by atomic mass is 16.3. The molecule has 2 rings (SSSR count). The van der Waals surface area contributed by atoms with Gasteiger partial charge in [-0.2, -0.15) is 0 Å². The summed E-state index contributed by atoms with van der Waals surface area (Å²) < 4.78 is 0. The molecule has 4 N–H and O–H groups in total. The molecule has 1 aromatic rings. The lowest BCUT2D eigenvalue weighted by atomic mass is 9.75. The number of amides is 1. The maximum atomic E-state index is 11.9. The van der Waals surface area contributed by atoms with Crippen molar-refractivity contribution in [2.24, 2.45) is 5.73 Å². The van der Waals surface area contributed by atoms with Crippen LogP contribution in [-0.4, -0.2) is 23.2 Å². The topological polar surface area (TPSA) is 75.4 Å². The molecule has 0 radical (unpaired) electrons. The zero-order chi connectivity index (χ0) is 13.0. The first-order chi connectivity index (χ1) is 8.63. The van der Waals surface area contributed by atoms with E-state index in [2.05, 4.69) is 5.32 Å².